The van der Waals surface area contributed by atoms with Crippen molar-refractivity contribution in [2.24, 2.45) is 0 Å². The molecule has 3 heterocycles. The number of benzene rings is 2. The molecule has 1 aliphatic heterocycles. The zero-order valence-corrected chi connectivity index (χ0v) is 15.3. The molecule has 0 unspecified atom stereocenters. The van der Waals surface area contributed by atoms with Gasteiger partial charge in [-0.25, -0.2) is 0 Å². The Kier molecular flexibility index (Phi) is 3.50. The molecule has 0 spiro atoms. The molecule has 136 valence electrons. The van der Waals surface area contributed by atoms with Gasteiger partial charge in [0.25, 0.3) is 5.91 Å². The second-order valence-corrected chi connectivity index (χ2v) is 7.00. The van der Waals surface area contributed by atoms with Crippen LogP contribution in [0.2, 0.25) is 0 Å². The average molecular weight is 360 g/mol. The van der Waals surface area contributed by atoms with Gasteiger partial charge in [-0.05, 0) is 31.2 Å². The predicted octanol–water partition coefficient (Wildman–Crippen LogP) is 4.43. The first-order valence-electron chi connectivity index (χ1n) is 9.10. The number of amides is 1. The van der Waals surface area contributed by atoms with Gasteiger partial charge in [0.15, 0.2) is 0 Å². The largest absolute Gasteiger partial charge is 0.497 e. The number of ether oxygens (including phenoxy) is 1. The van der Waals surface area contributed by atoms with Gasteiger partial charge in [0.2, 0.25) is 0 Å². The highest BCUT2D eigenvalue weighted by molar-refractivity contribution is 6.07. The van der Waals surface area contributed by atoms with E-state index in [1.54, 1.807) is 7.11 Å². The van der Waals surface area contributed by atoms with E-state index in [1.807, 2.05) is 42.2 Å². The average Bonchev–Trinajstić information content (AvgIpc) is 3.23. The lowest BCUT2D eigenvalue weighted by Crippen LogP contribution is -2.36. The molecule has 1 N–H and O–H groups in total. The van der Waals surface area contributed by atoms with Gasteiger partial charge in [-0.1, -0.05) is 18.2 Å². The van der Waals surface area contributed by atoms with Gasteiger partial charge in [-0.2, -0.15) is 0 Å². The van der Waals surface area contributed by atoms with Crippen molar-refractivity contribution in [3.63, 3.8) is 0 Å². The number of nitrogens with zero attached hydrogens (tertiary/aromatic N) is 1. The molecule has 0 radical (unpaired) electrons. The Morgan fingerprint density at radius 1 is 1.19 bits per heavy atom. The number of aryl methyl sites for hydroxylation is 1. The highest BCUT2D eigenvalue weighted by Gasteiger charge is 2.28. The number of hydrogen-bond donors (Lipinski definition) is 1. The summed E-state index contributed by atoms with van der Waals surface area (Å²) in [6, 6.07) is 13.8. The van der Waals surface area contributed by atoms with Gasteiger partial charge < -0.3 is 19.0 Å². The van der Waals surface area contributed by atoms with E-state index in [0.29, 0.717) is 30.0 Å². The van der Waals surface area contributed by atoms with Crippen LogP contribution >= 0.6 is 0 Å². The molecule has 5 nitrogen and oxygen atoms in total. The van der Waals surface area contributed by atoms with E-state index in [4.69, 9.17) is 9.15 Å². The highest BCUT2D eigenvalue weighted by Crippen LogP contribution is 2.32. The number of fused-ring (bicyclic) bond motifs is 4. The second-order valence-electron chi connectivity index (χ2n) is 7.00. The number of nitrogens with one attached hydrogen (secondary N) is 1. The van der Waals surface area contributed by atoms with Crippen LogP contribution in [-0.2, 0) is 13.0 Å². The van der Waals surface area contributed by atoms with Gasteiger partial charge in [-0.15, -0.1) is 0 Å². The number of para-hydroxylation sites is 1. The summed E-state index contributed by atoms with van der Waals surface area (Å²) in [6.07, 6.45) is 0.827. The smallest absolute Gasteiger partial charge is 0.258 e. The van der Waals surface area contributed by atoms with Crippen LogP contribution in [0.1, 0.15) is 27.4 Å². The third-order valence-corrected chi connectivity index (χ3v) is 5.45. The second kappa shape index (κ2) is 5.91. The Labute approximate surface area is 156 Å². The van der Waals surface area contributed by atoms with Gasteiger partial charge >= 0.3 is 0 Å². The van der Waals surface area contributed by atoms with E-state index in [-0.39, 0.29) is 5.91 Å². The fourth-order valence-corrected chi connectivity index (χ4v) is 4.09. The number of furan rings is 1. The minimum absolute atomic E-state index is 0.00966. The Hall–Kier alpha value is -3.21. The fraction of sp³-hybridized carbons (Fsp3) is 0.227. The summed E-state index contributed by atoms with van der Waals surface area (Å²) >= 11 is 0. The minimum atomic E-state index is 0.00966. The third-order valence-electron chi connectivity index (χ3n) is 5.45. The number of carbonyl (C=O) groups excluding carboxylic acids is 1. The van der Waals surface area contributed by atoms with Gasteiger partial charge in [-0.3, -0.25) is 4.79 Å². The Morgan fingerprint density at radius 3 is 2.89 bits per heavy atom. The zero-order valence-electron chi connectivity index (χ0n) is 15.3. The topological polar surface area (TPSA) is 58.5 Å². The fourth-order valence-electron chi connectivity index (χ4n) is 4.09. The summed E-state index contributed by atoms with van der Waals surface area (Å²) in [5.74, 6) is 1.37. The first kappa shape index (κ1) is 16.0. The van der Waals surface area contributed by atoms with E-state index < -0.39 is 0 Å². The molecular weight excluding hydrogens is 340 g/mol. The lowest BCUT2D eigenvalue weighted by Gasteiger charge is -2.27. The molecule has 5 heteroatoms. The number of rotatable bonds is 2. The Morgan fingerprint density at radius 2 is 2.04 bits per heavy atom. The van der Waals surface area contributed by atoms with Crippen molar-refractivity contribution in [1.82, 2.24) is 9.88 Å². The van der Waals surface area contributed by atoms with E-state index in [0.717, 1.165) is 23.1 Å². The molecule has 0 bridgehead atoms. The van der Waals surface area contributed by atoms with Crippen molar-refractivity contribution in [3.8, 4) is 5.75 Å². The molecule has 2 aromatic carbocycles. The maximum Gasteiger partial charge on any atom is 0.258 e. The monoisotopic (exact) mass is 360 g/mol. The lowest BCUT2D eigenvalue weighted by molar-refractivity contribution is 0.0735. The Bertz CT molecular complexity index is 1190. The van der Waals surface area contributed by atoms with Crippen LogP contribution in [0.3, 0.4) is 0 Å². The van der Waals surface area contributed by atoms with Crippen molar-refractivity contribution >= 4 is 27.8 Å². The quantitative estimate of drug-likeness (QED) is 0.575. The summed E-state index contributed by atoms with van der Waals surface area (Å²) in [7, 11) is 1.62. The number of H-pyrrole nitrogens is 1. The summed E-state index contributed by atoms with van der Waals surface area (Å²) in [5, 5.41) is 2.00. The lowest BCUT2D eigenvalue weighted by atomic mass is 10.0. The van der Waals surface area contributed by atoms with E-state index in [1.165, 1.54) is 16.6 Å². The van der Waals surface area contributed by atoms with Crippen LogP contribution in [-0.4, -0.2) is 29.4 Å². The SMILES string of the molecule is COc1ccc2oc(C)c(C(=O)N3CCc4[nH]c5ccccc5c4C3)c2c1. The minimum Gasteiger partial charge on any atom is -0.497 e. The third kappa shape index (κ3) is 2.42. The number of aromatic amines is 1. The normalized spacial score (nSPS) is 13.9. The summed E-state index contributed by atoms with van der Waals surface area (Å²) in [4.78, 5) is 18.8. The van der Waals surface area contributed by atoms with Crippen LogP contribution in [0.5, 0.6) is 5.75 Å². The molecule has 0 atom stereocenters. The molecule has 27 heavy (non-hydrogen) atoms. The van der Waals surface area contributed by atoms with Crippen molar-refractivity contribution in [3.05, 3.63) is 65.0 Å². The van der Waals surface area contributed by atoms with Crippen LogP contribution in [0.4, 0.5) is 0 Å². The molecule has 0 saturated carbocycles. The zero-order chi connectivity index (χ0) is 18.5. The van der Waals surface area contributed by atoms with Crippen LogP contribution in [0.25, 0.3) is 21.9 Å². The molecule has 2 aromatic heterocycles. The van der Waals surface area contributed by atoms with Crippen LogP contribution in [0.15, 0.2) is 46.9 Å². The van der Waals surface area contributed by atoms with Crippen molar-refractivity contribution in [2.75, 3.05) is 13.7 Å². The van der Waals surface area contributed by atoms with Crippen LogP contribution < -0.4 is 4.74 Å². The maximum atomic E-state index is 13.4. The molecule has 0 aliphatic carbocycles. The molecule has 4 aromatic rings. The van der Waals surface area contributed by atoms with Crippen molar-refractivity contribution in [2.45, 2.75) is 19.9 Å². The highest BCUT2D eigenvalue weighted by atomic mass is 16.5. The summed E-state index contributed by atoms with van der Waals surface area (Å²) in [5.41, 5.74) is 4.92. The Balaban J connectivity index is 1.55. The van der Waals surface area contributed by atoms with Crippen molar-refractivity contribution in [1.29, 1.82) is 0 Å². The van der Waals surface area contributed by atoms with E-state index in [2.05, 4.69) is 17.1 Å². The van der Waals surface area contributed by atoms with Gasteiger partial charge in [0, 0.05) is 47.1 Å². The number of methoxy groups -OCH3 is 1. The molecule has 0 saturated heterocycles. The van der Waals surface area contributed by atoms with E-state index >= 15 is 0 Å². The predicted molar refractivity (Wildman–Crippen MR) is 104 cm³/mol. The van der Waals surface area contributed by atoms with Gasteiger partial charge in [0.05, 0.1) is 12.7 Å². The summed E-state index contributed by atoms with van der Waals surface area (Å²) in [6.45, 7) is 3.14. The first-order valence-corrected chi connectivity index (χ1v) is 9.10. The molecule has 1 amide bonds. The molecule has 0 fully saturated rings. The molecule has 5 rings (SSSR count). The molecular formula is C22H20N2O3. The van der Waals surface area contributed by atoms with Crippen LogP contribution in [0, 0.1) is 6.92 Å². The molecule has 1 aliphatic rings. The van der Waals surface area contributed by atoms with Gasteiger partial charge in [0.1, 0.15) is 17.1 Å². The number of aromatic nitrogens is 1. The standard InChI is InChI=1S/C22H20N2O3/c1-13-21(16-11-14(26-2)7-8-20(16)27-13)22(25)24-10-9-19-17(12-24)15-5-3-4-6-18(15)23-19/h3-8,11,23H,9-10,12H2,1-2H3. The maximum absolute atomic E-state index is 13.4. The van der Waals surface area contributed by atoms with Crippen molar-refractivity contribution < 1.29 is 13.9 Å². The number of carbonyl (C=O) groups is 1. The number of hydrogen-bond acceptors (Lipinski definition) is 3. The first-order chi connectivity index (χ1) is 13.2. The van der Waals surface area contributed by atoms with E-state index in [9.17, 15) is 4.79 Å². The summed E-state index contributed by atoms with van der Waals surface area (Å²) < 4.78 is 11.2.